The lowest BCUT2D eigenvalue weighted by Gasteiger charge is -2.45. The van der Waals surface area contributed by atoms with Gasteiger partial charge in [-0.3, -0.25) is 14.4 Å². The Balaban J connectivity index is 2.33. The number of ether oxygens (including phenoxy) is 2. The molecule has 29 heavy (non-hydrogen) atoms. The van der Waals surface area contributed by atoms with Crippen molar-refractivity contribution in [3.05, 3.63) is 71.8 Å². The maximum absolute atomic E-state index is 13.1. The summed E-state index contributed by atoms with van der Waals surface area (Å²) >= 11 is 0. The van der Waals surface area contributed by atoms with Crippen LogP contribution in [0.3, 0.4) is 0 Å². The largest absolute Gasteiger partial charge is 0.468 e. The first-order chi connectivity index (χ1) is 14.0. The van der Waals surface area contributed by atoms with Crippen molar-refractivity contribution in [3.8, 4) is 6.07 Å². The van der Waals surface area contributed by atoms with Gasteiger partial charge in [-0.1, -0.05) is 60.7 Å². The highest BCUT2D eigenvalue weighted by atomic mass is 16.5. The summed E-state index contributed by atoms with van der Waals surface area (Å²) in [4.78, 5) is 38.7. The lowest BCUT2D eigenvalue weighted by Crippen LogP contribution is -2.60. The average molecular weight is 392 g/mol. The summed E-state index contributed by atoms with van der Waals surface area (Å²) < 4.78 is 9.86. The standard InChI is InChI=1S/C22H20N2O5/c1-28-20(26)16-17(14-9-5-3-6-10-14)22(13-23,21(27)29-2)18(24-19(16)25)15-11-7-4-8-12-15/h3-12,16-18H,1-2H3,(H,24,25). The molecule has 3 rings (SSSR count). The molecule has 0 aromatic heterocycles. The Labute approximate surface area is 168 Å². The van der Waals surface area contributed by atoms with E-state index in [-0.39, 0.29) is 0 Å². The zero-order chi connectivity index (χ0) is 21.0. The van der Waals surface area contributed by atoms with E-state index in [4.69, 9.17) is 9.47 Å². The van der Waals surface area contributed by atoms with E-state index in [1.54, 1.807) is 60.7 Å². The molecule has 0 saturated carbocycles. The van der Waals surface area contributed by atoms with Gasteiger partial charge in [-0.25, -0.2) is 0 Å². The fourth-order valence-electron chi connectivity index (χ4n) is 4.01. The predicted octanol–water partition coefficient (Wildman–Crippen LogP) is 2.11. The second-order valence-electron chi connectivity index (χ2n) is 6.71. The van der Waals surface area contributed by atoms with Gasteiger partial charge in [0.1, 0.15) is 5.92 Å². The molecule has 7 nitrogen and oxygen atoms in total. The number of hydrogen-bond donors (Lipinski definition) is 1. The fraction of sp³-hybridized carbons (Fsp3) is 0.273. The molecule has 0 spiro atoms. The molecule has 2 aromatic carbocycles. The molecule has 0 aliphatic carbocycles. The molecule has 1 heterocycles. The SMILES string of the molecule is COC(=O)C1C(=O)NC(c2ccccc2)C(C#N)(C(=O)OC)C1c1ccccc1. The average Bonchev–Trinajstić information content (AvgIpc) is 2.78. The Morgan fingerprint density at radius 1 is 0.966 bits per heavy atom. The Morgan fingerprint density at radius 2 is 1.52 bits per heavy atom. The predicted molar refractivity (Wildman–Crippen MR) is 102 cm³/mol. The van der Waals surface area contributed by atoms with Crippen molar-refractivity contribution in [1.82, 2.24) is 5.32 Å². The van der Waals surface area contributed by atoms with Gasteiger partial charge in [0.15, 0.2) is 5.41 Å². The van der Waals surface area contributed by atoms with Crippen LogP contribution >= 0.6 is 0 Å². The lowest BCUT2D eigenvalue weighted by atomic mass is 9.59. The molecular weight excluding hydrogens is 372 g/mol. The van der Waals surface area contributed by atoms with Crippen molar-refractivity contribution in [2.75, 3.05) is 14.2 Å². The highest BCUT2D eigenvalue weighted by Crippen LogP contribution is 2.53. The Bertz CT molecular complexity index is 954. The third kappa shape index (κ3) is 3.23. The first kappa shape index (κ1) is 20.1. The van der Waals surface area contributed by atoms with Crippen LogP contribution in [-0.2, 0) is 23.9 Å². The minimum Gasteiger partial charge on any atom is -0.468 e. The number of rotatable bonds is 4. The van der Waals surface area contributed by atoms with Gasteiger partial charge >= 0.3 is 11.9 Å². The minimum absolute atomic E-state index is 0.491. The number of esters is 2. The lowest BCUT2D eigenvalue weighted by molar-refractivity contribution is -0.164. The van der Waals surface area contributed by atoms with Crippen molar-refractivity contribution in [2.45, 2.75) is 12.0 Å². The van der Waals surface area contributed by atoms with E-state index in [0.717, 1.165) is 7.11 Å². The van der Waals surface area contributed by atoms with Crippen molar-refractivity contribution < 1.29 is 23.9 Å². The van der Waals surface area contributed by atoms with Crippen LogP contribution in [0.4, 0.5) is 0 Å². The number of benzene rings is 2. The molecule has 1 amide bonds. The summed E-state index contributed by atoms with van der Waals surface area (Å²) in [7, 11) is 2.34. The van der Waals surface area contributed by atoms with E-state index < -0.39 is 41.1 Å². The molecule has 1 fully saturated rings. The number of amides is 1. The number of nitrogens with one attached hydrogen (secondary N) is 1. The third-order valence-electron chi connectivity index (χ3n) is 5.30. The first-order valence-electron chi connectivity index (χ1n) is 8.99. The van der Waals surface area contributed by atoms with Crippen LogP contribution in [0, 0.1) is 22.7 Å². The normalized spacial score (nSPS) is 26.0. The first-order valence-corrected chi connectivity index (χ1v) is 8.99. The molecular formula is C22H20N2O5. The molecule has 1 saturated heterocycles. The van der Waals surface area contributed by atoms with Crippen LogP contribution in [0.15, 0.2) is 60.7 Å². The maximum atomic E-state index is 13.1. The monoisotopic (exact) mass is 392 g/mol. The van der Waals surface area contributed by atoms with E-state index in [1.807, 2.05) is 0 Å². The van der Waals surface area contributed by atoms with Crippen LogP contribution in [0.25, 0.3) is 0 Å². The number of methoxy groups -OCH3 is 2. The fourth-order valence-corrected chi connectivity index (χ4v) is 4.01. The number of hydrogen-bond acceptors (Lipinski definition) is 6. The second kappa shape index (κ2) is 8.15. The topological polar surface area (TPSA) is 105 Å². The maximum Gasteiger partial charge on any atom is 0.329 e. The molecule has 1 N–H and O–H groups in total. The van der Waals surface area contributed by atoms with Crippen molar-refractivity contribution in [3.63, 3.8) is 0 Å². The van der Waals surface area contributed by atoms with Gasteiger partial charge in [-0.2, -0.15) is 5.26 Å². The number of piperidine rings is 1. The van der Waals surface area contributed by atoms with E-state index in [9.17, 15) is 19.6 Å². The molecule has 1 aliphatic rings. The Morgan fingerprint density at radius 3 is 2.00 bits per heavy atom. The van der Waals surface area contributed by atoms with Gasteiger partial charge in [-0.05, 0) is 11.1 Å². The molecule has 1 aliphatic heterocycles. The van der Waals surface area contributed by atoms with Crippen LogP contribution in [0.1, 0.15) is 23.1 Å². The molecule has 7 heteroatoms. The highest BCUT2D eigenvalue weighted by Gasteiger charge is 2.64. The van der Waals surface area contributed by atoms with Gasteiger partial charge in [0.25, 0.3) is 0 Å². The van der Waals surface area contributed by atoms with Crippen LogP contribution in [-0.4, -0.2) is 32.1 Å². The number of nitriles is 1. The second-order valence-corrected chi connectivity index (χ2v) is 6.71. The molecule has 2 aromatic rings. The minimum atomic E-state index is -1.88. The van der Waals surface area contributed by atoms with Crippen LogP contribution < -0.4 is 5.32 Å². The smallest absolute Gasteiger partial charge is 0.329 e. The quantitative estimate of drug-likeness (QED) is 0.631. The summed E-state index contributed by atoms with van der Waals surface area (Å²) in [6, 6.07) is 18.3. The van der Waals surface area contributed by atoms with Gasteiger partial charge < -0.3 is 14.8 Å². The molecule has 4 atom stereocenters. The van der Waals surface area contributed by atoms with E-state index in [1.165, 1.54) is 7.11 Å². The third-order valence-corrected chi connectivity index (χ3v) is 5.30. The Kier molecular flexibility index (Phi) is 5.64. The van der Waals surface area contributed by atoms with Crippen LogP contribution in [0.5, 0.6) is 0 Å². The molecule has 0 radical (unpaired) electrons. The Hall–Kier alpha value is -3.66. The van der Waals surface area contributed by atoms with Crippen molar-refractivity contribution in [2.24, 2.45) is 11.3 Å². The molecule has 4 unspecified atom stereocenters. The van der Waals surface area contributed by atoms with Crippen LogP contribution in [0.2, 0.25) is 0 Å². The summed E-state index contributed by atoms with van der Waals surface area (Å²) in [6.07, 6.45) is 0. The van der Waals surface area contributed by atoms with Gasteiger partial charge in [0.2, 0.25) is 5.91 Å². The van der Waals surface area contributed by atoms with Gasteiger partial charge in [0.05, 0.1) is 26.3 Å². The summed E-state index contributed by atoms with van der Waals surface area (Å²) in [6.45, 7) is 0. The summed E-state index contributed by atoms with van der Waals surface area (Å²) in [5.41, 5.74) is -0.841. The zero-order valence-corrected chi connectivity index (χ0v) is 16.0. The number of carbonyl (C=O) groups excluding carboxylic acids is 3. The van der Waals surface area contributed by atoms with E-state index in [2.05, 4.69) is 11.4 Å². The van der Waals surface area contributed by atoms with Gasteiger partial charge in [-0.15, -0.1) is 0 Å². The van der Waals surface area contributed by atoms with E-state index in [0.29, 0.717) is 11.1 Å². The molecule has 148 valence electrons. The summed E-state index contributed by atoms with van der Waals surface area (Å²) in [5, 5.41) is 13.0. The molecule has 0 bridgehead atoms. The van der Waals surface area contributed by atoms with E-state index >= 15 is 0 Å². The van der Waals surface area contributed by atoms with Crippen molar-refractivity contribution in [1.29, 1.82) is 5.26 Å². The summed E-state index contributed by atoms with van der Waals surface area (Å²) in [5.74, 6) is -4.77. The van der Waals surface area contributed by atoms with Gasteiger partial charge in [0, 0.05) is 5.92 Å². The number of nitrogens with zero attached hydrogens (tertiary/aromatic N) is 1. The number of carbonyl (C=O) groups is 3. The highest BCUT2D eigenvalue weighted by molar-refractivity contribution is 6.02. The van der Waals surface area contributed by atoms with Crippen molar-refractivity contribution >= 4 is 17.8 Å². The zero-order valence-electron chi connectivity index (χ0n) is 16.0.